The lowest BCUT2D eigenvalue weighted by atomic mass is 9.72. The van der Waals surface area contributed by atoms with Crippen LogP contribution >= 0.6 is 22.6 Å². The Morgan fingerprint density at radius 1 is 1.44 bits per heavy atom. The van der Waals surface area contributed by atoms with Crippen molar-refractivity contribution < 1.29 is 0 Å². The lowest BCUT2D eigenvalue weighted by molar-refractivity contribution is 0.172. The summed E-state index contributed by atoms with van der Waals surface area (Å²) in [5.74, 6) is 2.39. The highest BCUT2D eigenvalue weighted by Crippen LogP contribution is 2.54. The molecule has 0 radical (unpaired) electrons. The standard InChI is InChI=1S/C17H27I/c1-6-9-13-11-14(12-15(18)10-7-2)17(4,5)16(13)8-3/h6-7,9-10,13-14,16H,2,8,11-12H2,1,3-5H3/b9-6-,15-10+. The maximum atomic E-state index is 3.79. The van der Waals surface area contributed by atoms with Crippen LogP contribution in [0.4, 0.5) is 0 Å². The molecule has 0 saturated heterocycles. The molecular formula is C17H27I. The normalized spacial score (nSPS) is 32.1. The van der Waals surface area contributed by atoms with Gasteiger partial charge in [-0.05, 0) is 69.1 Å². The van der Waals surface area contributed by atoms with Gasteiger partial charge in [0.25, 0.3) is 0 Å². The molecule has 1 aliphatic rings. The highest BCUT2D eigenvalue weighted by Gasteiger charge is 2.46. The second kappa shape index (κ2) is 6.93. The van der Waals surface area contributed by atoms with Gasteiger partial charge in [-0.15, -0.1) is 0 Å². The number of allylic oxidation sites excluding steroid dienone is 5. The molecule has 0 bridgehead atoms. The Labute approximate surface area is 127 Å². The summed E-state index contributed by atoms with van der Waals surface area (Å²) in [7, 11) is 0. The van der Waals surface area contributed by atoms with Crippen LogP contribution in [0.3, 0.4) is 0 Å². The Bertz CT molecular complexity index is 336. The summed E-state index contributed by atoms with van der Waals surface area (Å²) in [6.45, 7) is 13.2. The largest absolute Gasteiger partial charge is 0.0990 e. The van der Waals surface area contributed by atoms with Crippen LogP contribution in [0.25, 0.3) is 0 Å². The van der Waals surface area contributed by atoms with Gasteiger partial charge < -0.3 is 0 Å². The van der Waals surface area contributed by atoms with Crippen LogP contribution in [-0.2, 0) is 0 Å². The summed E-state index contributed by atoms with van der Waals surface area (Å²) in [6, 6.07) is 0. The van der Waals surface area contributed by atoms with E-state index in [0.717, 1.165) is 17.8 Å². The molecule has 3 atom stereocenters. The Kier molecular flexibility index (Phi) is 6.16. The summed E-state index contributed by atoms with van der Waals surface area (Å²) in [5.41, 5.74) is 0.449. The fourth-order valence-electron chi connectivity index (χ4n) is 3.72. The van der Waals surface area contributed by atoms with E-state index in [1.165, 1.54) is 22.8 Å². The predicted octanol–water partition coefficient (Wildman–Crippen LogP) is 6.15. The zero-order chi connectivity index (χ0) is 13.8. The van der Waals surface area contributed by atoms with Crippen molar-refractivity contribution in [1.29, 1.82) is 0 Å². The molecule has 18 heavy (non-hydrogen) atoms. The van der Waals surface area contributed by atoms with Crippen molar-refractivity contribution in [2.24, 2.45) is 23.2 Å². The zero-order valence-corrected chi connectivity index (χ0v) is 14.4. The molecule has 0 aromatic rings. The van der Waals surface area contributed by atoms with E-state index in [9.17, 15) is 0 Å². The van der Waals surface area contributed by atoms with Gasteiger partial charge in [-0.2, -0.15) is 0 Å². The lowest BCUT2D eigenvalue weighted by Gasteiger charge is -2.33. The minimum atomic E-state index is 0.449. The number of rotatable bonds is 5. The molecule has 0 amide bonds. The van der Waals surface area contributed by atoms with Crippen LogP contribution in [0.5, 0.6) is 0 Å². The van der Waals surface area contributed by atoms with E-state index in [1.807, 2.05) is 6.08 Å². The van der Waals surface area contributed by atoms with Gasteiger partial charge in [-0.3, -0.25) is 0 Å². The van der Waals surface area contributed by atoms with Crippen molar-refractivity contribution in [3.8, 4) is 0 Å². The van der Waals surface area contributed by atoms with Crippen LogP contribution < -0.4 is 0 Å². The monoisotopic (exact) mass is 358 g/mol. The third kappa shape index (κ3) is 3.49. The third-order valence-electron chi connectivity index (χ3n) is 4.70. The lowest BCUT2D eigenvalue weighted by Crippen LogP contribution is -2.26. The first kappa shape index (κ1) is 16.0. The van der Waals surface area contributed by atoms with Crippen molar-refractivity contribution in [2.45, 2.75) is 47.0 Å². The number of hydrogen-bond acceptors (Lipinski definition) is 0. The molecule has 0 aromatic heterocycles. The second-order valence-electron chi connectivity index (χ2n) is 6.01. The van der Waals surface area contributed by atoms with E-state index in [-0.39, 0.29) is 0 Å². The molecule has 0 heterocycles. The first-order chi connectivity index (χ1) is 8.47. The summed E-state index contributed by atoms with van der Waals surface area (Å²) in [4.78, 5) is 0. The SMILES string of the molecule is C=C/C=C(/I)CC1CC(/C=C\C)C(CC)C1(C)C. The topological polar surface area (TPSA) is 0 Å². The van der Waals surface area contributed by atoms with E-state index < -0.39 is 0 Å². The zero-order valence-electron chi connectivity index (χ0n) is 12.2. The van der Waals surface area contributed by atoms with E-state index >= 15 is 0 Å². The smallest absolute Gasteiger partial charge is 0.00913 e. The molecule has 0 aliphatic heterocycles. The molecule has 0 N–H and O–H groups in total. The van der Waals surface area contributed by atoms with Gasteiger partial charge in [0.15, 0.2) is 0 Å². The maximum absolute atomic E-state index is 3.79. The molecule has 1 saturated carbocycles. The summed E-state index contributed by atoms with van der Waals surface area (Å²) in [5, 5.41) is 0. The fourth-order valence-corrected chi connectivity index (χ4v) is 4.50. The third-order valence-corrected chi connectivity index (χ3v) is 5.50. The molecule has 1 fully saturated rings. The molecule has 3 unspecified atom stereocenters. The Morgan fingerprint density at radius 3 is 2.61 bits per heavy atom. The van der Waals surface area contributed by atoms with Crippen molar-refractivity contribution >= 4 is 22.6 Å². The van der Waals surface area contributed by atoms with Crippen LogP contribution in [0.15, 0.2) is 34.5 Å². The fraction of sp³-hybridized carbons (Fsp3) is 0.647. The van der Waals surface area contributed by atoms with Crippen molar-refractivity contribution in [2.75, 3.05) is 0 Å². The highest BCUT2D eigenvalue weighted by molar-refractivity contribution is 14.1. The van der Waals surface area contributed by atoms with Gasteiger partial charge in [0, 0.05) is 0 Å². The van der Waals surface area contributed by atoms with Crippen LogP contribution in [0, 0.1) is 23.2 Å². The first-order valence-corrected chi connectivity index (χ1v) is 8.15. The Hall–Kier alpha value is -0.0500. The van der Waals surface area contributed by atoms with Gasteiger partial charge in [0.05, 0.1) is 0 Å². The minimum absolute atomic E-state index is 0.449. The molecule has 0 nitrogen and oxygen atoms in total. The van der Waals surface area contributed by atoms with Crippen molar-refractivity contribution in [1.82, 2.24) is 0 Å². The maximum Gasteiger partial charge on any atom is -0.00913 e. The molecule has 1 heteroatoms. The average Bonchev–Trinajstić information content (AvgIpc) is 2.51. The minimum Gasteiger partial charge on any atom is -0.0990 e. The molecular weight excluding hydrogens is 331 g/mol. The molecule has 0 spiro atoms. The van der Waals surface area contributed by atoms with Crippen LogP contribution in [-0.4, -0.2) is 0 Å². The Balaban J connectivity index is 2.87. The average molecular weight is 358 g/mol. The Morgan fingerprint density at radius 2 is 2.11 bits per heavy atom. The molecule has 0 aromatic carbocycles. The van der Waals surface area contributed by atoms with Crippen molar-refractivity contribution in [3.05, 3.63) is 34.5 Å². The van der Waals surface area contributed by atoms with Crippen LogP contribution in [0.2, 0.25) is 0 Å². The molecule has 1 aliphatic carbocycles. The van der Waals surface area contributed by atoms with Gasteiger partial charge in [-0.25, -0.2) is 0 Å². The van der Waals surface area contributed by atoms with E-state index in [4.69, 9.17) is 0 Å². The van der Waals surface area contributed by atoms with Gasteiger partial charge in [-0.1, -0.05) is 58.1 Å². The molecule has 102 valence electrons. The van der Waals surface area contributed by atoms with Gasteiger partial charge in [0.1, 0.15) is 0 Å². The van der Waals surface area contributed by atoms with E-state index in [1.54, 1.807) is 0 Å². The van der Waals surface area contributed by atoms with Gasteiger partial charge in [0.2, 0.25) is 0 Å². The quantitative estimate of drug-likeness (QED) is 0.314. The summed E-state index contributed by atoms with van der Waals surface area (Å²) < 4.78 is 1.44. The van der Waals surface area contributed by atoms with Crippen molar-refractivity contribution in [3.63, 3.8) is 0 Å². The summed E-state index contributed by atoms with van der Waals surface area (Å²) in [6.07, 6.45) is 12.6. The van der Waals surface area contributed by atoms with Crippen LogP contribution in [0.1, 0.15) is 47.0 Å². The predicted molar refractivity (Wildman–Crippen MR) is 90.9 cm³/mol. The van der Waals surface area contributed by atoms with E-state index in [0.29, 0.717) is 5.41 Å². The molecule has 1 rings (SSSR count). The number of halogens is 1. The summed E-state index contributed by atoms with van der Waals surface area (Å²) >= 11 is 2.47. The van der Waals surface area contributed by atoms with E-state index in [2.05, 4.69) is 75.1 Å². The van der Waals surface area contributed by atoms with Gasteiger partial charge >= 0.3 is 0 Å². The first-order valence-electron chi connectivity index (χ1n) is 7.07. The number of hydrogen-bond donors (Lipinski definition) is 0. The highest BCUT2D eigenvalue weighted by atomic mass is 127. The second-order valence-corrected chi connectivity index (χ2v) is 7.40.